The Morgan fingerprint density at radius 3 is 2.71 bits per heavy atom. The first kappa shape index (κ1) is 17.4. The highest BCUT2D eigenvalue weighted by Gasteiger charge is 2.61. The van der Waals surface area contributed by atoms with E-state index in [1.807, 2.05) is 13.8 Å². The molecule has 1 heterocycles. The predicted octanol–water partition coefficient (Wildman–Crippen LogP) is 3.49. The molecule has 24 heavy (non-hydrogen) atoms. The molecule has 4 nitrogen and oxygen atoms in total. The summed E-state index contributed by atoms with van der Waals surface area (Å²) >= 11 is 0. The van der Waals surface area contributed by atoms with Gasteiger partial charge in [0.2, 0.25) is 0 Å². The Bertz CT molecular complexity index is 644. The summed E-state index contributed by atoms with van der Waals surface area (Å²) in [5.41, 5.74) is 0.997. The molecular weight excluding hydrogens is 304 g/mol. The van der Waals surface area contributed by atoms with Crippen molar-refractivity contribution in [2.24, 2.45) is 11.3 Å². The van der Waals surface area contributed by atoms with E-state index >= 15 is 0 Å². The maximum Gasteiger partial charge on any atom is 0.334 e. The molecule has 0 aromatic carbocycles. The van der Waals surface area contributed by atoms with Crippen LogP contribution in [0.1, 0.15) is 66.2 Å². The minimum absolute atomic E-state index is 0.0785. The molecule has 0 spiro atoms. The number of ether oxygens (including phenoxy) is 1. The summed E-state index contributed by atoms with van der Waals surface area (Å²) in [5, 5.41) is 11.8. The second-order valence-electron chi connectivity index (χ2n) is 8.34. The number of esters is 1. The molecule has 1 saturated carbocycles. The number of Topliss-reactive ketones (excluding diaryl/α,β-unsaturated/α-hetero) is 1. The monoisotopic (exact) mass is 332 g/mol. The number of aliphatic hydroxyl groups is 1. The summed E-state index contributed by atoms with van der Waals surface area (Å²) in [6.07, 6.45) is 5.26. The van der Waals surface area contributed by atoms with E-state index in [-0.39, 0.29) is 23.1 Å². The third-order valence-corrected chi connectivity index (χ3v) is 6.35. The average Bonchev–Trinajstić information content (AvgIpc) is 2.75. The Morgan fingerprint density at radius 1 is 1.29 bits per heavy atom. The number of hydrogen-bond acceptors (Lipinski definition) is 4. The van der Waals surface area contributed by atoms with E-state index in [2.05, 4.69) is 13.0 Å². The van der Waals surface area contributed by atoms with Crippen LogP contribution in [0.5, 0.6) is 0 Å². The fourth-order valence-corrected chi connectivity index (χ4v) is 4.80. The topological polar surface area (TPSA) is 63.6 Å². The van der Waals surface area contributed by atoms with Crippen LogP contribution in [0.2, 0.25) is 0 Å². The van der Waals surface area contributed by atoms with Crippen LogP contribution in [0, 0.1) is 11.3 Å². The lowest BCUT2D eigenvalue weighted by molar-refractivity contribution is -0.177. The first-order valence-electron chi connectivity index (χ1n) is 8.98. The molecule has 3 aliphatic rings. The molecule has 2 aliphatic carbocycles. The molecule has 3 rings (SSSR count). The molecule has 132 valence electrons. The molecule has 0 unspecified atom stereocenters. The van der Waals surface area contributed by atoms with Crippen molar-refractivity contribution in [3.05, 3.63) is 22.8 Å². The van der Waals surface area contributed by atoms with Crippen LogP contribution in [0.25, 0.3) is 0 Å². The summed E-state index contributed by atoms with van der Waals surface area (Å²) < 4.78 is 5.68. The van der Waals surface area contributed by atoms with E-state index in [1.165, 1.54) is 0 Å². The van der Waals surface area contributed by atoms with Gasteiger partial charge in [0.05, 0.1) is 0 Å². The molecule has 0 aromatic heterocycles. The fourth-order valence-electron chi connectivity index (χ4n) is 4.80. The smallest absolute Gasteiger partial charge is 0.334 e. The number of rotatable bonds is 0. The summed E-state index contributed by atoms with van der Waals surface area (Å²) in [6, 6.07) is 0. The third kappa shape index (κ3) is 2.55. The normalized spacial score (nSPS) is 40.6. The van der Waals surface area contributed by atoms with Gasteiger partial charge in [-0.05, 0) is 51.0 Å². The predicted molar refractivity (Wildman–Crippen MR) is 91.3 cm³/mol. The van der Waals surface area contributed by atoms with Gasteiger partial charge in [-0.15, -0.1) is 0 Å². The van der Waals surface area contributed by atoms with E-state index in [0.29, 0.717) is 31.3 Å². The van der Waals surface area contributed by atoms with Gasteiger partial charge in [-0.1, -0.05) is 25.5 Å². The zero-order chi connectivity index (χ0) is 17.7. The standard InChI is InChI=1S/C20H28O4/c1-12-5-7-19(4)8-6-16-14(3)18(22)24-17(20(16,19)23)11-13(2)10-15(21)9-12/h5,13,17,23H,6-11H2,1-4H3/t13-,17-,19-,20-/m1/s1. The van der Waals surface area contributed by atoms with Gasteiger partial charge in [0, 0.05) is 23.8 Å². The number of hydrogen-bond donors (Lipinski definition) is 1. The number of carbonyl (C=O) groups is 2. The summed E-state index contributed by atoms with van der Waals surface area (Å²) in [7, 11) is 0. The molecule has 4 atom stereocenters. The van der Waals surface area contributed by atoms with E-state index in [0.717, 1.165) is 24.0 Å². The lowest BCUT2D eigenvalue weighted by atomic mass is 9.66. The van der Waals surface area contributed by atoms with Crippen LogP contribution in [-0.2, 0) is 14.3 Å². The van der Waals surface area contributed by atoms with Crippen molar-refractivity contribution >= 4 is 11.8 Å². The first-order valence-corrected chi connectivity index (χ1v) is 8.98. The Labute approximate surface area is 144 Å². The van der Waals surface area contributed by atoms with Crippen molar-refractivity contribution < 1.29 is 19.4 Å². The van der Waals surface area contributed by atoms with Gasteiger partial charge in [0.25, 0.3) is 0 Å². The van der Waals surface area contributed by atoms with Crippen molar-refractivity contribution in [1.29, 1.82) is 0 Å². The molecule has 1 fully saturated rings. The quantitative estimate of drug-likeness (QED) is 0.545. The van der Waals surface area contributed by atoms with Gasteiger partial charge in [0.1, 0.15) is 17.5 Å². The van der Waals surface area contributed by atoms with Crippen LogP contribution in [0.4, 0.5) is 0 Å². The van der Waals surface area contributed by atoms with Gasteiger partial charge < -0.3 is 9.84 Å². The molecule has 4 heteroatoms. The Hall–Kier alpha value is -1.42. The Kier molecular flexibility index (Phi) is 4.23. The molecule has 0 radical (unpaired) electrons. The van der Waals surface area contributed by atoms with Crippen molar-refractivity contribution in [2.75, 3.05) is 0 Å². The first-order chi connectivity index (χ1) is 11.2. The van der Waals surface area contributed by atoms with Gasteiger partial charge in [0.15, 0.2) is 0 Å². The molecule has 0 bridgehead atoms. The minimum atomic E-state index is -1.12. The fraction of sp³-hybridized carbons (Fsp3) is 0.700. The van der Waals surface area contributed by atoms with E-state index in [9.17, 15) is 14.7 Å². The van der Waals surface area contributed by atoms with Crippen molar-refractivity contribution in [2.45, 2.75) is 77.9 Å². The Balaban J connectivity index is 2.10. The molecule has 1 N–H and O–H groups in total. The maximum atomic E-state index is 12.3. The number of allylic oxidation sites excluding steroid dienone is 2. The van der Waals surface area contributed by atoms with Crippen LogP contribution < -0.4 is 0 Å². The van der Waals surface area contributed by atoms with Gasteiger partial charge in [-0.2, -0.15) is 0 Å². The number of ketones is 1. The second kappa shape index (κ2) is 5.83. The molecular formula is C20H28O4. The molecule has 1 aliphatic heterocycles. The third-order valence-electron chi connectivity index (χ3n) is 6.35. The van der Waals surface area contributed by atoms with Gasteiger partial charge >= 0.3 is 5.97 Å². The largest absolute Gasteiger partial charge is 0.456 e. The van der Waals surface area contributed by atoms with Crippen LogP contribution in [0.15, 0.2) is 22.8 Å². The van der Waals surface area contributed by atoms with Crippen LogP contribution in [-0.4, -0.2) is 28.6 Å². The van der Waals surface area contributed by atoms with Gasteiger partial charge in [-0.25, -0.2) is 4.79 Å². The van der Waals surface area contributed by atoms with E-state index < -0.39 is 11.7 Å². The minimum Gasteiger partial charge on any atom is -0.456 e. The second-order valence-corrected chi connectivity index (χ2v) is 8.34. The highest BCUT2D eigenvalue weighted by Crippen LogP contribution is 2.58. The maximum absolute atomic E-state index is 12.3. The summed E-state index contributed by atoms with van der Waals surface area (Å²) in [4.78, 5) is 24.5. The SMILES string of the molecule is CC1=CC[C@]2(C)CCC3=C(C)C(=O)O[C@H](C[C@H](C)CC(=O)C1)[C@]32O. The summed E-state index contributed by atoms with van der Waals surface area (Å²) in [5.74, 6) is -0.0201. The zero-order valence-electron chi connectivity index (χ0n) is 15.1. The summed E-state index contributed by atoms with van der Waals surface area (Å²) in [6.45, 7) is 7.84. The number of carbonyl (C=O) groups excluding carboxylic acids is 2. The Morgan fingerprint density at radius 2 is 2.00 bits per heavy atom. The lowest BCUT2D eigenvalue weighted by Gasteiger charge is -2.47. The average molecular weight is 332 g/mol. The van der Waals surface area contributed by atoms with Crippen LogP contribution in [0.3, 0.4) is 0 Å². The van der Waals surface area contributed by atoms with E-state index in [1.54, 1.807) is 6.92 Å². The molecule has 0 amide bonds. The lowest BCUT2D eigenvalue weighted by Crippen LogP contribution is -2.57. The van der Waals surface area contributed by atoms with Gasteiger partial charge in [-0.3, -0.25) is 4.79 Å². The van der Waals surface area contributed by atoms with Crippen LogP contribution >= 0.6 is 0 Å². The van der Waals surface area contributed by atoms with E-state index in [4.69, 9.17) is 4.74 Å². The highest BCUT2D eigenvalue weighted by atomic mass is 16.6. The van der Waals surface area contributed by atoms with Crippen molar-refractivity contribution in [1.82, 2.24) is 0 Å². The molecule has 0 saturated heterocycles. The molecule has 0 aromatic rings. The highest BCUT2D eigenvalue weighted by molar-refractivity contribution is 5.91. The zero-order valence-corrected chi connectivity index (χ0v) is 15.1. The van der Waals surface area contributed by atoms with Crippen molar-refractivity contribution in [3.8, 4) is 0 Å². The van der Waals surface area contributed by atoms with Crippen molar-refractivity contribution in [3.63, 3.8) is 0 Å².